The molecule has 1 aromatic carbocycles. The second-order valence-corrected chi connectivity index (χ2v) is 2.55. The minimum Gasteiger partial charge on any atom is -0.0871 e. The summed E-state index contributed by atoms with van der Waals surface area (Å²) < 4.78 is 0. The topological polar surface area (TPSA) is 0 Å². The average Bonchev–Trinajstić information content (AvgIpc) is 2.22. The highest BCUT2D eigenvalue weighted by Gasteiger charge is 1.92. The van der Waals surface area contributed by atoms with Gasteiger partial charge in [0.05, 0.1) is 0 Å². The molecule has 0 aliphatic heterocycles. The summed E-state index contributed by atoms with van der Waals surface area (Å²) in [6, 6.07) is 8.49. The molecule has 0 aliphatic carbocycles. The van der Waals surface area contributed by atoms with Crippen molar-refractivity contribution >= 4 is 6.08 Å². The molecule has 0 heterocycles. The van der Waals surface area contributed by atoms with Crippen molar-refractivity contribution in [3.63, 3.8) is 0 Å². The lowest BCUT2D eigenvalue weighted by Crippen LogP contribution is -1.83. The molecule has 0 amide bonds. The molecule has 0 unspecified atom stereocenters. The predicted molar refractivity (Wildman–Crippen MR) is 61.9 cm³/mol. The Balaban J connectivity index is 0.000000671. The van der Waals surface area contributed by atoms with Gasteiger partial charge >= 0.3 is 0 Å². The monoisotopic (exact) mass is 176 g/mol. The lowest BCUT2D eigenvalue weighted by atomic mass is 10.1. The van der Waals surface area contributed by atoms with E-state index >= 15 is 0 Å². The fourth-order valence-corrected chi connectivity index (χ4v) is 1.20. The lowest BCUT2D eigenvalue weighted by molar-refractivity contribution is 1.13. The van der Waals surface area contributed by atoms with Gasteiger partial charge in [-0.25, -0.2) is 0 Å². The zero-order valence-electron chi connectivity index (χ0n) is 9.17. The summed E-state index contributed by atoms with van der Waals surface area (Å²) in [7, 11) is 0. The maximum absolute atomic E-state index is 2.18. The number of allylic oxidation sites excluding steroid dienone is 1. The predicted octanol–water partition coefficient (Wildman–Crippen LogP) is 4.31. The SMILES string of the molecule is C/C=C/c1ccccc1CC.CC. The first-order chi connectivity index (χ1) is 6.38. The fourth-order valence-electron chi connectivity index (χ4n) is 1.20. The molecule has 1 rings (SSSR count). The first-order valence-electron chi connectivity index (χ1n) is 5.09. The van der Waals surface area contributed by atoms with Gasteiger partial charge in [-0.05, 0) is 24.5 Å². The minimum absolute atomic E-state index is 1.11. The highest BCUT2D eigenvalue weighted by Crippen LogP contribution is 2.10. The van der Waals surface area contributed by atoms with Gasteiger partial charge in [0.25, 0.3) is 0 Å². The standard InChI is InChI=1S/C11H14.C2H6/c1-3-7-11-9-6-5-8-10(11)4-2;1-2/h3,5-9H,4H2,1-2H3;1-2H3/b7-3+;. The van der Waals surface area contributed by atoms with Gasteiger partial charge in [-0.15, -0.1) is 0 Å². The van der Waals surface area contributed by atoms with Crippen LogP contribution in [0.25, 0.3) is 6.08 Å². The number of hydrogen-bond donors (Lipinski definition) is 0. The van der Waals surface area contributed by atoms with Gasteiger partial charge in [0, 0.05) is 0 Å². The van der Waals surface area contributed by atoms with Gasteiger partial charge in [-0.2, -0.15) is 0 Å². The summed E-state index contributed by atoms with van der Waals surface area (Å²) in [5.41, 5.74) is 2.77. The molecular weight excluding hydrogens is 156 g/mol. The van der Waals surface area contributed by atoms with Crippen molar-refractivity contribution in [1.82, 2.24) is 0 Å². The molecule has 0 aliphatic rings. The van der Waals surface area contributed by atoms with E-state index in [9.17, 15) is 0 Å². The third-order valence-corrected chi connectivity index (χ3v) is 1.78. The van der Waals surface area contributed by atoms with Gasteiger partial charge in [-0.3, -0.25) is 0 Å². The van der Waals surface area contributed by atoms with E-state index in [4.69, 9.17) is 0 Å². The van der Waals surface area contributed by atoms with E-state index in [-0.39, 0.29) is 0 Å². The van der Waals surface area contributed by atoms with Crippen molar-refractivity contribution in [3.05, 3.63) is 41.5 Å². The van der Waals surface area contributed by atoms with Gasteiger partial charge in [-0.1, -0.05) is 57.2 Å². The number of aryl methyl sites for hydroxylation is 1. The molecule has 0 atom stereocenters. The quantitative estimate of drug-likeness (QED) is 0.630. The second kappa shape index (κ2) is 7.60. The van der Waals surface area contributed by atoms with Crippen LogP contribution in [0.3, 0.4) is 0 Å². The number of hydrogen-bond acceptors (Lipinski definition) is 0. The molecule has 0 bridgehead atoms. The molecule has 0 fully saturated rings. The maximum Gasteiger partial charge on any atom is -0.0228 e. The molecule has 1 aromatic rings. The Bertz CT molecular complexity index is 246. The van der Waals surface area contributed by atoms with Crippen LogP contribution in [0, 0.1) is 0 Å². The van der Waals surface area contributed by atoms with E-state index in [0.717, 1.165) is 6.42 Å². The molecule has 0 spiro atoms. The van der Waals surface area contributed by atoms with Crippen LogP contribution >= 0.6 is 0 Å². The highest BCUT2D eigenvalue weighted by molar-refractivity contribution is 5.53. The summed E-state index contributed by atoms with van der Waals surface area (Å²) in [6.45, 7) is 8.23. The van der Waals surface area contributed by atoms with E-state index in [1.54, 1.807) is 0 Å². The maximum atomic E-state index is 2.18. The molecule has 0 N–H and O–H groups in total. The molecule has 0 saturated carbocycles. The van der Waals surface area contributed by atoms with E-state index in [1.165, 1.54) is 11.1 Å². The van der Waals surface area contributed by atoms with Gasteiger partial charge in [0.15, 0.2) is 0 Å². The van der Waals surface area contributed by atoms with Crippen LogP contribution in [0.2, 0.25) is 0 Å². The summed E-state index contributed by atoms with van der Waals surface area (Å²) in [6.07, 6.45) is 5.34. The first kappa shape index (κ1) is 12.0. The summed E-state index contributed by atoms with van der Waals surface area (Å²) in [5.74, 6) is 0. The van der Waals surface area contributed by atoms with Crippen molar-refractivity contribution in [1.29, 1.82) is 0 Å². The summed E-state index contributed by atoms with van der Waals surface area (Å²) >= 11 is 0. The molecule has 0 radical (unpaired) electrons. The number of benzene rings is 1. The van der Waals surface area contributed by atoms with Crippen molar-refractivity contribution in [2.75, 3.05) is 0 Å². The Labute approximate surface area is 82.3 Å². The summed E-state index contributed by atoms with van der Waals surface area (Å²) in [5, 5.41) is 0. The van der Waals surface area contributed by atoms with E-state index in [2.05, 4.69) is 43.3 Å². The van der Waals surface area contributed by atoms with Crippen molar-refractivity contribution < 1.29 is 0 Å². The van der Waals surface area contributed by atoms with Gasteiger partial charge < -0.3 is 0 Å². The smallest absolute Gasteiger partial charge is 0.0228 e. The third kappa shape index (κ3) is 3.93. The van der Waals surface area contributed by atoms with Crippen LogP contribution in [0.5, 0.6) is 0 Å². The molecular formula is C13H20. The zero-order valence-corrected chi connectivity index (χ0v) is 9.17. The van der Waals surface area contributed by atoms with Crippen LogP contribution in [-0.4, -0.2) is 0 Å². The van der Waals surface area contributed by atoms with Crippen LogP contribution in [0.15, 0.2) is 30.3 Å². The number of rotatable bonds is 2. The van der Waals surface area contributed by atoms with Crippen LogP contribution in [-0.2, 0) is 6.42 Å². The molecule has 72 valence electrons. The second-order valence-electron chi connectivity index (χ2n) is 2.55. The van der Waals surface area contributed by atoms with E-state index in [0.29, 0.717) is 0 Å². The van der Waals surface area contributed by atoms with Gasteiger partial charge in [0.2, 0.25) is 0 Å². The molecule has 0 heteroatoms. The van der Waals surface area contributed by atoms with E-state index < -0.39 is 0 Å². The van der Waals surface area contributed by atoms with Crippen molar-refractivity contribution in [3.8, 4) is 0 Å². The van der Waals surface area contributed by atoms with Crippen LogP contribution in [0.4, 0.5) is 0 Å². The Morgan fingerprint density at radius 3 is 2.31 bits per heavy atom. The molecule has 0 nitrogen and oxygen atoms in total. The molecule has 0 saturated heterocycles. The van der Waals surface area contributed by atoms with Crippen molar-refractivity contribution in [2.45, 2.75) is 34.1 Å². The lowest BCUT2D eigenvalue weighted by Gasteiger charge is -2.00. The fraction of sp³-hybridized carbons (Fsp3) is 0.385. The molecule has 0 aromatic heterocycles. The Morgan fingerprint density at radius 1 is 1.15 bits per heavy atom. The zero-order chi connectivity index (χ0) is 10.1. The van der Waals surface area contributed by atoms with Gasteiger partial charge in [0.1, 0.15) is 0 Å². The van der Waals surface area contributed by atoms with E-state index in [1.807, 2.05) is 20.8 Å². The van der Waals surface area contributed by atoms with Crippen LogP contribution in [0.1, 0.15) is 38.8 Å². The Kier molecular flexibility index (Phi) is 6.99. The third-order valence-electron chi connectivity index (χ3n) is 1.78. The normalized spacial score (nSPS) is 9.54. The first-order valence-corrected chi connectivity index (χ1v) is 5.09. The highest BCUT2D eigenvalue weighted by atomic mass is 14.0. The average molecular weight is 176 g/mol. The Morgan fingerprint density at radius 2 is 1.77 bits per heavy atom. The van der Waals surface area contributed by atoms with Crippen molar-refractivity contribution in [2.24, 2.45) is 0 Å². The summed E-state index contributed by atoms with van der Waals surface area (Å²) in [4.78, 5) is 0. The Hall–Kier alpha value is -1.04. The molecule has 13 heavy (non-hydrogen) atoms. The van der Waals surface area contributed by atoms with Crippen LogP contribution < -0.4 is 0 Å². The largest absolute Gasteiger partial charge is 0.0871 e. The minimum atomic E-state index is 1.11.